The number of furan rings is 1. The molecule has 1 heterocycles. The van der Waals surface area contributed by atoms with Crippen LogP contribution in [0.5, 0.6) is 0 Å². The topological polar surface area (TPSA) is 63.9 Å². The highest BCUT2D eigenvalue weighted by atomic mass is 16.3. The van der Waals surface area contributed by atoms with Gasteiger partial charge in [0.05, 0.1) is 6.54 Å². The lowest BCUT2D eigenvalue weighted by Crippen LogP contribution is -2.16. The number of aliphatic imine (C=N–C) groups is 2. The van der Waals surface area contributed by atoms with Gasteiger partial charge < -0.3 is 10.2 Å². The minimum absolute atomic E-state index is 0.398. The first-order chi connectivity index (χ1) is 22.2. The van der Waals surface area contributed by atoms with Crippen LogP contribution in [0.15, 0.2) is 166 Å². The van der Waals surface area contributed by atoms with E-state index in [1.165, 1.54) is 32.7 Å². The summed E-state index contributed by atoms with van der Waals surface area (Å²) in [7, 11) is 0. The van der Waals surface area contributed by atoms with Crippen LogP contribution in [0, 0.1) is 0 Å². The average Bonchev–Trinajstić information content (AvgIpc) is 3.49. The van der Waals surface area contributed by atoms with Crippen molar-refractivity contribution in [2.75, 3.05) is 0 Å². The van der Waals surface area contributed by atoms with Crippen LogP contribution in [0.1, 0.15) is 16.7 Å². The molecule has 0 aliphatic rings. The van der Waals surface area contributed by atoms with Gasteiger partial charge >= 0.3 is 0 Å². The van der Waals surface area contributed by atoms with Crippen molar-refractivity contribution in [2.45, 2.75) is 6.54 Å². The van der Waals surface area contributed by atoms with Crippen LogP contribution >= 0.6 is 0 Å². The van der Waals surface area contributed by atoms with E-state index in [0.29, 0.717) is 18.2 Å². The molecule has 8 rings (SSSR count). The van der Waals surface area contributed by atoms with E-state index in [9.17, 15) is 0 Å². The fourth-order valence-electron chi connectivity index (χ4n) is 6.05. The standard InChI is InChI=1S/C41H29N3O/c42-40(36-14-8-16-38-39(36)35-13-6-7-15-37(35)45-38)44-41(29-10-2-1-3-11-29)43-26-27-17-18-32-25-34(22-21-31(32)23-27)33-20-19-28-9-4-5-12-30(28)24-33/h1-25H,26H2,(H2,42,43,44). The molecule has 2 N–H and O–H groups in total. The van der Waals surface area contributed by atoms with Crippen molar-refractivity contribution in [1.82, 2.24) is 0 Å². The van der Waals surface area contributed by atoms with Gasteiger partial charge in [0.1, 0.15) is 17.0 Å². The number of nitrogens with two attached hydrogens (primary N) is 1. The summed E-state index contributed by atoms with van der Waals surface area (Å²) in [5.74, 6) is 0.985. The molecule has 0 amide bonds. The van der Waals surface area contributed by atoms with Gasteiger partial charge in [0, 0.05) is 21.9 Å². The zero-order chi connectivity index (χ0) is 30.2. The molecule has 214 valence electrons. The molecule has 0 atom stereocenters. The van der Waals surface area contributed by atoms with Crippen LogP contribution < -0.4 is 5.73 Å². The quantitative estimate of drug-likeness (QED) is 0.163. The molecule has 4 nitrogen and oxygen atoms in total. The van der Waals surface area contributed by atoms with Crippen molar-refractivity contribution in [3.8, 4) is 11.1 Å². The molecule has 0 fully saturated rings. The van der Waals surface area contributed by atoms with Gasteiger partial charge in [0.2, 0.25) is 0 Å². The summed E-state index contributed by atoms with van der Waals surface area (Å²) in [4.78, 5) is 9.89. The maximum Gasteiger partial charge on any atom is 0.157 e. The Morgan fingerprint density at radius 3 is 2.04 bits per heavy atom. The smallest absolute Gasteiger partial charge is 0.157 e. The monoisotopic (exact) mass is 579 g/mol. The Kier molecular flexibility index (Phi) is 6.65. The van der Waals surface area contributed by atoms with Crippen LogP contribution in [0.3, 0.4) is 0 Å². The Bertz CT molecular complexity index is 2420. The van der Waals surface area contributed by atoms with E-state index >= 15 is 0 Å². The number of nitrogens with zero attached hydrogens (tertiary/aromatic N) is 2. The molecule has 7 aromatic carbocycles. The summed E-state index contributed by atoms with van der Waals surface area (Å²) in [6.45, 7) is 0.474. The van der Waals surface area contributed by atoms with Gasteiger partial charge in [0.15, 0.2) is 5.84 Å². The molecular weight excluding hydrogens is 550 g/mol. The zero-order valence-corrected chi connectivity index (χ0v) is 24.5. The van der Waals surface area contributed by atoms with E-state index in [4.69, 9.17) is 20.1 Å². The van der Waals surface area contributed by atoms with Crippen molar-refractivity contribution in [2.24, 2.45) is 15.7 Å². The first kappa shape index (κ1) is 26.6. The second-order valence-electron chi connectivity index (χ2n) is 11.2. The predicted octanol–water partition coefficient (Wildman–Crippen LogP) is 9.91. The maximum absolute atomic E-state index is 6.71. The van der Waals surface area contributed by atoms with E-state index in [0.717, 1.165) is 38.6 Å². The molecule has 0 saturated carbocycles. The van der Waals surface area contributed by atoms with Crippen molar-refractivity contribution in [3.05, 3.63) is 168 Å². The number of amidine groups is 2. The lowest BCUT2D eigenvalue weighted by Gasteiger charge is -2.08. The normalized spacial score (nSPS) is 12.4. The summed E-state index contributed by atoms with van der Waals surface area (Å²) in [6.07, 6.45) is 0. The van der Waals surface area contributed by atoms with E-state index in [1.54, 1.807) is 0 Å². The van der Waals surface area contributed by atoms with Gasteiger partial charge in [-0.2, -0.15) is 0 Å². The second-order valence-corrected chi connectivity index (χ2v) is 11.2. The van der Waals surface area contributed by atoms with Crippen LogP contribution in [0.4, 0.5) is 0 Å². The van der Waals surface area contributed by atoms with Gasteiger partial charge in [-0.25, -0.2) is 4.99 Å². The largest absolute Gasteiger partial charge is 0.456 e. The van der Waals surface area contributed by atoms with Crippen molar-refractivity contribution in [1.29, 1.82) is 0 Å². The molecule has 1 aromatic heterocycles. The lowest BCUT2D eigenvalue weighted by atomic mass is 9.98. The number of hydrogen-bond acceptors (Lipinski definition) is 2. The lowest BCUT2D eigenvalue weighted by molar-refractivity contribution is 0.669. The molecule has 0 radical (unpaired) electrons. The molecule has 0 bridgehead atoms. The average molecular weight is 580 g/mol. The third-order valence-corrected chi connectivity index (χ3v) is 8.34. The predicted molar refractivity (Wildman–Crippen MR) is 188 cm³/mol. The third kappa shape index (κ3) is 5.13. The Hall–Kier alpha value is -6.00. The molecule has 0 aliphatic carbocycles. The first-order valence-electron chi connectivity index (χ1n) is 15.1. The van der Waals surface area contributed by atoms with Crippen molar-refractivity contribution < 1.29 is 4.42 Å². The maximum atomic E-state index is 6.71. The Balaban J connectivity index is 1.13. The molecule has 8 aromatic rings. The SMILES string of the molecule is NC(=NC(=NCc1ccc2cc(-c3ccc4ccccc4c3)ccc2c1)c1ccccc1)c1cccc2oc3ccccc3c12. The zero-order valence-electron chi connectivity index (χ0n) is 24.5. The number of fused-ring (bicyclic) bond motifs is 5. The third-order valence-electron chi connectivity index (χ3n) is 8.34. The van der Waals surface area contributed by atoms with Crippen LogP contribution in [0.2, 0.25) is 0 Å². The first-order valence-corrected chi connectivity index (χ1v) is 15.1. The molecular formula is C41H29N3O. The van der Waals surface area contributed by atoms with E-state index in [2.05, 4.69) is 84.9 Å². The van der Waals surface area contributed by atoms with Gasteiger partial charge in [-0.05, 0) is 68.6 Å². The number of rotatable bonds is 5. The summed E-state index contributed by atoms with van der Waals surface area (Å²) < 4.78 is 6.08. The Morgan fingerprint density at radius 2 is 1.20 bits per heavy atom. The Morgan fingerprint density at radius 1 is 0.556 bits per heavy atom. The fraction of sp³-hybridized carbons (Fsp3) is 0.0244. The van der Waals surface area contributed by atoms with Crippen LogP contribution in [-0.2, 0) is 6.54 Å². The highest BCUT2D eigenvalue weighted by Crippen LogP contribution is 2.31. The summed E-state index contributed by atoms with van der Waals surface area (Å²) in [6, 6.07) is 52.2. The molecule has 0 saturated heterocycles. The summed E-state index contributed by atoms with van der Waals surface area (Å²) in [5.41, 5.74) is 13.6. The van der Waals surface area contributed by atoms with Crippen LogP contribution in [0.25, 0.3) is 54.6 Å². The number of benzene rings is 7. The Labute approximate surface area is 260 Å². The second kappa shape index (κ2) is 11.3. The van der Waals surface area contributed by atoms with Gasteiger partial charge in [0.25, 0.3) is 0 Å². The summed E-state index contributed by atoms with van der Waals surface area (Å²) in [5, 5.41) is 6.84. The van der Waals surface area contributed by atoms with Gasteiger partial charge in [-0.1, -0.05) is 121 Å². The number of para-hydroxylation sites is 1. The van der Waals surface area contributed by atoms with E-state index in [-0.39, 0.29) is 0 Å². The fourth-order valence-corrected chi connectivity index (χ4v) is 6.05. The van der Waals surface area contributed by atoms with E-state index < -0.39 is 0 Å². The highest BCUT2D eigenvalue weighted by molar-refractivity contribution is 6.20. The highest BCUT2D eigenvalue weighted by Gasteiger charge is 2.14. The molecule has 0 unspecified atom stereocenters. The van der Waals surface area contributed by atoms with Crippen molar-refractivity contribution in [3.63, 3.8) is 0 Å². The molecule has 4 heteroatoms. The summed E-state index contributed by atoms with van der Waals surface area (Å²) >= 11 is 0. The molecule has 0 spiro atoms. The minimum Gasteiger partial charge on any atom is -0.456 e. The van der Waals surface area contributed by atoms with Gasteiger partial charge in [-0.15, -0.1) is 0 Å². The van der Waals surface area contributed by atoms with Crippen molar-refractivity contribution >= 4 is 55.2 Å². The van der Waals surface area contributed by atoms with Crippen LogP contribution in [-0.4, -0.2) is 11.7 Å². The van der Waals surface area contributed by atoms with E-state index in [1.807, 2.05) is 66.7 Å². The minimum atomic E-state index is 0.398. The molecule has 0 aliphatic heterocycles. The molecule has 45 heavy (non-hydrogen) atoms. The number of hydrogen-bond donors (Lipinski definition) is 1. The van der Waals surface area contributed by atoms with Gasteiger partial charge in [-0.3, -0.25) is 4.99 Å².